The van der Waals surface area contributed by atoms with Gasteiger partial charge in [0.2, 0.25) is 0 Å². The molecule has 12 heteroatoms. The number of para-hydroxylation sites is 4. The summed E-state index contributed by atoms with van der Waals surface area (Å²) >= 11 is 3.61. The monoisotopic (exact) mass is 960 g/mol. The molecule has 0 spiro atoms. The van der Waals surface area contributed by atoms with Crippen LogP contribution < -0.4 is 9.47 Å². The standard InChI is InChI=1S/C57H44N4O5S3/c1-5-19-41-37(15-1)51(38-16-2-6-20-42(38)65-41)53-55(52-39-17-3-7-21-43(39)66-44-22-8-4-18-40(44)52)69(50-28-14-34-64-50,49-27-11-12-33-63-49,61-31-35-62-36-32-61,57(60-53)56-58-29-30-59-56)48-26-13-25-47-54(48)68-46-24-10-9-23-45(46)67-47/h1-30,33-34,49,51-52H,31-32,35-36H2,(H,58,59). The highest BCUT2D eigenvalue weighted by molar-refractivity contribution is 8.76. The molecular weight excluding hydrogens is 917 g/mol. The van der Waals surface area contributed by atoms with Gasteiger partial charge < -0.3 is 28.3 Å². The summed E-state index contributed by atoms with van der Waals surface area (Å²) in [5, 5.41) is 1.47. The lowest BCUT2D eigenvalue weighted by atomic mass is 9.81. The number of aliphatic imine (C=N–C) groups is 1. The molecule has 9 nitrogen and oxygen atoms in total. The zero-order valence-electron chi connectivity index (χ0n) is 37.1. The van der Waals surface area contributed by atoms with Gasteiger partial charge in [-0.25, -0.2) is 9.98 Å². The zero-order chi connectivity index (χ0) is 45.6. The van der Waals surface area contributed by atoms with E-state index >= 15 is 0 Å². The number of rotatable bonds is 7. The van der Waals surface area contributed by atoms with Gasteiger partial charge in [-0.3, -0.25) is 4.31 Å². The van der Waals surface area contributed by atoms with Gasteiger partial charge in [-0.1, -0.05) is 129 Å². The second-order valence-electron chi connectivity index (χ2n) is 17.8. The molecule has 6 aliphatic heterocycles. The summed E-state index contributed by atoms with van der Waals surface area (Å²) in [6.07, 6.45) is 13.8. The molecule has 0 aliphatic carbocycles. The van der Waals surface area contributed by atoms with E-state index in [1.165, 1.54) is 9.79 Å². The number of H-pyrrole nitrogens is 1. The van der Waals surface area contributed by atoms with Gasteiger partial charge in [0.05, 0.1) is 37.4 Å². The van der Waals surface area contributed by atoms with Crippen molar-refractivity contribution in [2.45, 2.75) is 46.8 Å². The number of hydrogen-bond donors (Lipinski definition) is 1. The van der Waals surface area contributed by atoms with Crippen molar-refractivity contribution in [1.82, 2.24) is 14.3 Å². The number of hydrogen-bond acceptors (Lipinski definition) is 10. The number of nitrogens with one attached hydrogen (secondary N) is 1. The van der Waals surface area contributed by atoms with Gasteiger partial charge in [-0.2, -0.15) is 0 Å². The number of benzene rings is 6. The number of allylic oxidation sites excluding steroid dienone is 4. The van der Waals surface area contributed by atoms with Crippen molar-refractivity contribution >= 4 is 37.0 Å². The zero-order valence-corrected chi connectivity index (χ0v) is 39.6. The fourth-order valence-electron chi connectivity index (χ4n) is 12.3. The SMILES string of the molecule is C1=COC(S2(c3ccco3)(c3cccc4c3Sc3ccccc3S4)(N3CCOCC3)C(c3ncc[nH]3)=NC(C3c4ccccc4Oc4ccccc43)=C2C2c3ccccc3Oc3ccccc32)C=C1. The van der Waals surface area contributed by atoms with Gasteiger partial charge in [0.25, 0.3) is 0 Å². The summed E-state index contributed by atoms with van der Waals surface area (Å²) in [4.78, 5) is 22.3. The Hall–Kier alpha value is -6.93. The normalized spacial score (nSPS) is 21.4. The smallest absolute Gasteiger partial charge is 0.162 e. The van der Waals surface area contributed by atoms with Crippen LogP contribution in [0.25, 0.3) is 0 Å². The molecule has 2 aromatic heterocycles. The molecular formula is C57H44N4O5S3. The molecule has 1 N–H and O–H groups in total. The lowest BCUT2D eigenvalue weighted by Gasteiger charge is -2.84. The second-order valence-corrected chi connectivity index (χ2v) is 25.7. The maximum atomic E-state index is 7.68. The number of ether oxygens (including phenoxy) is 4. The van der Waals surface area contributed by atoms with E-state index in [0.717, 1.165) is 80.7 Å². The molecule has 1 atom stereocenters. The summed E-state index contributed by atoms with van der Waals surface area (Å²) in [5.41, 5.74) is 4.08. The maximum Gasteiger partial charge on any atom is 0.162 e. The number of morpholine rings is 1. The third-order valence-corrected chi connectivity index (χ3v) is 26.1. The van der Waals surface area contributed by atoms with Crippen molar-refractivity contribution in [3.05, 3.63) is 233 Å². The highest BCUT2D eigenvalue weighted by Gasteiger charge is 2.85. The first-order chi connectivity index (χ1) is 34.2. The second kappa shape index (κ2) is 15.3. The van der Waals surface area contributed by atoms with Crippen LogP contribution in [0.2, 0.25) is 0 Å². The van der Waals surface area contributed by atoms with Crippen molar-refractivity contribution in [3.63, 3.8) is 0 Å². The first-order valence-corrected chi connectivity index (χ1v) is 27.3. The summed E-state index contributed by atoms with van der Waals surface area (Å²) in [5.74, 6) is 2.75. The minimum Gasteiger partial charge on any atom is -0.484 e. The van der Waals surface area contributed by atoms with Crippen LogP contribution in [-0.4, -0.2) is 51.1 Å². The van der Waals surface area contributed by atoms with Crippen LogP contribution in [0, 0.1) is 0 Å². The Balaban J connectivity index is 1.31. The number of nitrogens with zero attached hydrogens (tertiary/aromatic N) is 3. The van der Waals surface area contributed by atoms with Gasteiger partial charge in [0.15, 0.2) is 16.4 Å². The summed E-state index contributed by atoms with van der Waals surface area (Å²) in [7, 11) is -5.60. The first kappa shape index (κ1) is 41.1. The highest BCUT2D eigenvalue weighted by Crippen LogP contribution is 3.11. The molecule has 8 aromatic rings. The fourth-order valence-corrected chi connectivity index (χ4v) is 25.0. The van der Waals surface area contributed by atoms with Gasteiger partial charge in [-0.15, -0.1) is 0 Å². The summed E-state index contributed by atoms with van der Waals surface area (Å²) in [6, 6.07) is 53.7. The van der Waals surface area contributed by atoms with Crippen molar-refractivity contribution in [2.75, 3.05) is 26.3 Å². The van der Waals surface area contributed by atoms with E-state index < -0.39 is 25.8 Å². The van der Waals surface area contributed by atoms with E-state index in [0.29, 0.717) is 32.1 Å². The highest BCUT2D eigenvalue weighted by atomic mass is 32.4. The minimum absolute atomic E-state index is 0.449. The lowest BCUT2D eigenvalue weighted by molar-refractivity contribution is 0.0703. The molecule has 8 heterocycles. The molecule has 340 valence electrons. The lowest BCUT2D eigenvalue weighted by Crippen LogP contribution is -2.66. The third-order valence-electron chi connectivity index (χ3n) is 14.8. The quantitative estimate of drug-likeness (QED) is 0.168. The molecule has 6 aromatic carbocycles. The molecule has 0 amide bonds. The summed E-state index contributed by atoms with van der Waals surface area (Å²) < 4.78 is 38.3. The number of aromatic amines is 1. The van der Waals surface area contributed by atoms with E-state index in [1.807, 2.05) is 61.0 Å². The average molecular weight is 961 g/mol. The Labute approximate surface area is 407 Å². The van der Waals surface area contributed by atoms with E-state index in [4.69, 9.17) is 33.3 Å². The number of furan rings is 1. The topological polar surface area (TPSA) is 94.3 Å². The number of fused-ring (bicyclic) bond motifs is 6. The first-order valence-electron chi connectivity index (χ1n) is 23.2. The van der Waals surface area contributed by atoms with Gasteiger partial charge in [-0.05, 0) is 72.8 Å². The molecule has 0 radical (unpaired) electrons. The van der Waals surface area contributed by atoms with Crippen LogP contribution in [-0.2, 0) is 9.47 Å². The largest absolute Gasteiger partial charge is 0.484 e. The van der Waals surface area contributed by atoms with Crippen LogP contribution in [0.3, 0.4) is 0 Å². The minimum atomic E-state index is -5.60. The van der Waals surface area contributed by atoms with Crippen LogP contribution >= 0.6 is 32.0 Å². The van der Waals surface area contributed by atoms with Gasteiger partial charge in [0.1, 0.15) is 28.0 Å². The van der Waals surface area contributed by atoms with E-state index in [1.54, 1.807) is 11.8 Å². The number of aromatic nitrogens is 2. The van der Waals surface area contributed by atoms with Crippen molar-refractivity contribution < 1.29 is 23.4 Å². The van der Waals surface area contributed by atoms with Crippen LogP contribution in [0.15, 0.2) is 244 Å². The maximum absolute atomic E-state index is 7.68. The van der Waals surface area contributed by atoms with E-state index in [2.05, 4.69) is 155 Å². The summed E-state index contributed by atoms with van der Waals surface area (Å²) in [6.45, 7) is 1.90. The van der Waals surface area contributed by atoms with Crippen molar-refractivity contribution in [3.8, 4) is 23.0 Å². The Bertz CT molecular complexity index is 3440. The van der Waals surface area contributed by atoms with Crippen LogP contribution in [0.1, 0.15) is 39.9 Å². The predicted molar refractivity (Wildman–Crippen MR) is 271 cm³/mol. The Kier molecular flexibility index (Phi) is 9.10. The molecule has 69 heavy (non-hydrogen) atoms. The Morgan fingerprint density at radius 3 is 1.81 bits per heavy atom. The van der Waals surface area contributed by atoms with Crippen molar-refractivity contribution in [1.29, 1.82) is 0 Å². The molecule has 6 aliphatic rings. The number of imidazole rings is 1. The van der Waals surface area contributed by atoms with Gasteiger partial charge in [0, 0.05) is 83.0 Å². The van der Waals surface area contributed by atoms with Crippen molar-refractivity contribution in [2.24, 2.45) is 4.99 Å². The van der Waals surface area contributed by atoms with Crippen LogP contribution in [0.4, 0.5) is 0 Å². The van der Waals surface area contributed by atoms with E-state index in [-0.39, 0.29) is 0 Å². The fraction of sp³-hybridized carbons (Fsp3) is 0.123. The predicted octanol–water partition coefficient (Wildman–Crippen LogP) is 14.1. The molecule has 14 rings (SSSR count). The van der Waals surface area contributed by atoms with Crippen LogP contribution in [0.5, 0.6) is 23.0 Å². The average Bonchev–Trinajstić information content (AvgIpc) is 4.23. The molecule has 1 fully saturated rings. The molecule has 0 bridgehead atoms. The molecule has 1 saturated heterocycles. The molecule has 0 saturated carbocycles. The van der Waals surface area contributed by atoms with E-state index in [9.17, 15) is 0 Å². The Morgan fingerprint density at radius 1 is 0.609 bits per heavy atom. The Morgan fingerprint density at radius 2 is 1.22 bits per heavy atom. The van der Waals surface area contributed by atoms with Gasteiger partial charge >= 0.3 is 0 Å². The third kappa shape index (κ3) is 5.12. The molecule has 1 unspecified atom stereocenters.